The zero-order valence-electron chi connectivity index (χ0n) is 12.6. The molecule has 1 aromatic rings. The van der Waals surface area contributed by atoms with E-state index in [0.717, 1.165) is 24.5 Å². The van der Waals surface area contributed by atoms with Gasteiger partial charge in [0.05, 0.1) is 7.11 Å². The molecule has 0 aliphatic carbocycles. The molecular weight excluding hydrogens is 252 g/mol. The Bertz CT molecular complexity index is 415. The highest BCUT2D eigenvalue weighted by atomic mass is 16.5. The summed E-state index contributed by atoms with van der Waals surface area (Å²) in [4.78, 5) is 2.44. The molecule has 1 aromatic carbocycles. The number of benzene rings is 1. The first-order chi connectivity index (χ1) is 9.69. The lowest BCUT2D eigenvalue weighted by Crippen LogP contribution is -2.25. The molecule has 0 bridgehead atoms. The van der Waals surface area contributed by atoms with Gasteiger partial charge in [-0.2, -0.15) is 0 Å². The fraction of sp³-hybridized carbons (Fsp3) is 0.625. The van der Waals surface area contributed by atoms with Gasteiger partial charge in [0.1, 0.15) is 6.61 Å². The van der Waals surface area contributed by atoms with E-state index in [1.54, 1.807) is 7.11 Å². The summed E-state index contributed by atoms with van der Waals surface area (Å²) < 4.78 is 11.3. The molecule has 2 N–H and O–H groups in total. The molecule has 0 saturated carbocycles. The van der Waals surface area contributed by atoms with Crippen molar-refractivity contribution in [2.45, 2.75) is 32.2 Å². The molecule has 1 fully saturated rings. The van der Waals surface area contributed by atoms with Crippen molar-refractivity contribution in [3.8, 4) is 11.5 Å². The highest BCUT2D eigenvalue weighted by Gasteiger charge is 2.12. The Morgan fingerprint density at radius 1 is 1.25 bits per heavy atom. The molecule has 1 heterocycles. The van der Waals surface area contributed by atoms with Crippen LogP contribution in [0.2, 0.25) is 0 Å². The van der Waals surface area contributed by atoms with E-state index in [0.29, 0.717) is 6.61 Å². The van der Waals surface area contributed by atoms with Gasteiger partial charge in [-0.1, -0.05) is 6.07 Å². The van der Waals surface area contributed by atoms with E-state index in [9.17, 15) is 0 Å². The van der Waals surface area contributed by atoms with E-state index in [2.05, 4.69) is 11.0 Å². The van der Waals surface area contributed by atoms with E-state index < -0.39 is 0 Å². The molecule has 2 rings (SSSR count). The van der Waals surface area contributed by atoms with Gasteiger partial charge in [-0.25, -0.2) is 0 Å². The highest BCUT2D eigenvalue weighted by Crippen LogP contribution is 2.28. The summed E-state index contributed by atoms with van der Waals surface area (Å²) in [6.45, 7) is 6.11. The van der Waals surface area contributed by atoms with Crippen molar-refractivity contribution < 1.29 is 9.47 Å². The van der Waals surface area contributed by atoms with E-state index in [1.807, 2.05) is 19.1 Å². The van der Waals surface area contributed by atoms with Crippen LogP contribution in [-0.4, -0.2) is 44.3 Å². The fourth-order valence-electron chi connectivity index (χ4n) is 2.62. The number of rotatable bonds is 7. The van der Waals surface area contributed by atoms with Crippen LogP contribution in [0, 0.1) is 0 Å². The maximum absolute atomic E-state index is 5.85. The lowest BCUT2D eigenvalue weighted by Gasteiger charge is -2.17. The third-order valence-corrected chi connectivity index (χ3v) is 3.65. The minimum absolute atomic E-state index is 0.154. The number of ether oxygens (including phenoxy) is 2. The number of nitrogens with two attached hydrogens (primary N) is 1. The summed E-state index contributed by atoms with van der Waals surface area (Å²) in [7, 11) is 1.68. The molecule has 0 radical (unpaired) electrons. The Morgan fingerprint density at radius 2 is 2.00 bits per heavy atom. The predicted octanol–water partition coefficient (Wildman–Crippen LogP) is 2.06. The van der Waals surface area contributed by atoms with Gasteiger partial charge in [0, 0.05) is 12.6 Å². The van der Waals surface area contributed by atoms with Gasteiger partial charge in [-0.15, -0.1) is 0 Å². The van der Waals surface area contributed by atoms with Crippen molar-refractivity contribution in [1.29, 1.82) is 0 Å². The average Bonchev–Trinajstić information content (AvgIpc) is 2.92. The molecule has 20 heavy (non-hydrogen) atoms. The second-order valence-corrected chi connectivity index (χ2v) is 5.56. The van der Waals surface area contributed by atoms with Crippen LogP contribution >= 0.6 is 0 Å². The zero-order chi connectivity index (χ0) is 14.4. The van der Waals surface area contributed by atoms with Crippen LogP contribution in [0.5, 0.6) is 11.5 Å². The average molecular weight is 278 g/mol. The Kier molecular flexibility index (Phi) is 5.68. The minimum Gasteiger partial charge on any atom is -0.493 e. The molecular formula is C16H26N2O2. The maximum Gasteiger partial charge on any atom is 0.161 e. The molecule has 0 spiro atoms. The Balaban J connectivity index is 1.89. The highest BCUT2D eigenvalue weighted by molar-refractivity contribution is 5.43. The molecule has 1 aliphatic heterocycles. The number of hydrogen-bond acceptors (Lipinski definition) is 4. The summed E-state index contributed by atoms with van der Waals surface area (Å²) >= 11 is 0. The first kappa shape index (κ1) is 15.1. The van der Waals surface area contributed by atoms with Gasteiger partial charge in [0.25, 0.3) is 0 Å². The summed E-state index contributed by atoms with van der Waals surface area (Å²) in [5.74, 6) is 1.62. The van der Waals surface area contributed by atoms with Crippen molar-refractivity contribution in [3.63, 3.8) is 0 Å². The standard InChI is InChI=1S/C16H26N2O2/c1-13(17)11-14-5-6-15(16(12-14)19-2)20-10-9-18-7-3-4-8-18/h5-6,12-13H,3-4,7-11,17H2,1-2H3. The molecule has 4 heteroatoms. The van der Waals surface area contributed by atoms with E-state index in [1.165, 1.54) is 31.5 Å². The predicted molar refractivity (Wildman–Crippen MR) is 81.5 cm³/mol. The van der Waals surface area contributed by atoms with Crippen LogP contribution in [0.3, 0.4) is 0 Å². The monoisotopic (exact) mass is 278 g/mol. The quantitative estimate of drug-likeness (QED) is 0.829. The van der Waals surface area contributed by atoms with Crippen molar-refractivity contribution in [1.82, 2.24) is 4.90 Å². The van der Waals surface area contributed by atoms with E-state index >= 15 is 0 Å². The van der Waals surface area contributed by atoms with Crippen LogP contribution < -0.4 is 15.2 Å². The number of methoxy groups -OCH3 is 1. The minimum atomic E-state index is 0.154. The molecule has 1 unspecified atom stereocenters. The van der Waals surface area contributed by atoms with Crippen LogP contribution in [0.1, 0.15) is 25.3 Å². The Hall–Kier alpha value is -1.26. The first-order valence-electron chi connectivity index (χ1n) is 7.46. The molecule has 0 amide bonds. The van der Waals surface area contributed by atoms with Crippen LogP contribution in [0.25, 0.3) is 0 Å². The Morgan fingerprint density at radius 3 is 2.65 bits per heavy atom. The van der Waals surface area contributed by atoms with Gasteiger partial charge in [0.15, 0.2) is 11.5 Å². The summed E-state index contributed by atoms with van der Waals surface area (Å²) in [5, 5.41) is 0. The number of hydrogen-bond donors (Lipinski definition) is 1. The van der Waals surface area contributed by atoms with Crippen LogP contribution in [0.15, 0.2) is 18.2 Å². The third kappa shape index (κ3) is 4.39. The molecule has 4 nitrogen and oxygen atoms in total. The van der Waals surface area contributed by atoms with Gasteiger partial charge in [0.2, 0.25) is 0 Å². The molecule has 112 valence electrons. The maximum atomic E-state index is 5.85. The number of likely N-dealkylation sites (tertiary alicyclic amines) is 1. The first-order valence-corrected chi connectivity index (χ1v) is 7.46. The SMILES string of the molecule is COc1cc(CC(C)N)ccc1OCCN1CCCC1. The van der Waals surface area contributed by atoms with Gasteiger partial charge in [-0.3, -0.25) is 4.90 Å². The zero-order valence-corrected chi connectivity index (χ0v) is 12.6. The smallest absolute Gasteiger partial charge is 0.161 e. The van der Waals surface area contributed by atoms with Crippen LogP contribution in [-0.2, 0) is 6.42 Å². The lowest BCUT2D eigenvalue weighted by molar-refractivity contribution is 0.230. The van der Waals surface area contributed by atoms with E-state index in [4.69, 9.17) is 15.2 Å². The normalized spacial score (nSPS) is 17.1. The van der Waals surface area contributed by atoms with Crippen molar-refractivity contribution in [2.75, 3.05) is 33.4 Å². The van der Waals surface area contributed by atoms with Crippen molar-refractivity contribution in [2.24, 2.45) is 5.73 Å². The van der Waals surface area contributed by atoms with Crippen molar-refractivity contribution in [3.05, 3.63) is 23.8 Å². The summed E-state index contributed by atoms with van der Waals surface area (Å²) in [5.41, 5.74) is 7.01. The molecule has 0 aromatic heterocycles. The van der Waals surface area contributed by atoms with Gasteiger partial charge in [-0.05, 0) is 57.0 Å². The second-order valence-electron chi connectivity index (χ2n) is 5.56. The fourth-order valence-corrected chi connectivity index (χ4v) is 2.62. The van der Waals surface area contributed by atoms with Gasteiger partial charge < -0.3 is 15.2 Å². The molecule has 1 saturated heterocycles. The van der Waals surface area contributed by atoms with Crippen LogP contribution in [0.4, 0.5) is 0 Å². The van der Waals surface area contributed by atoms with E-state index in [-0.39, 0.29) is 6.04 Å². The second kappa shape index (κ2) is 7.50. The third-order valence-electron chi connectivity index (χ3n) is 3.65. The van der Waals surface area contributed by atoms with Crippen molar-refractivity contribution >= 4 is 0 Å². The van der Waals surface area contributed by atoms with Gasteiger partial charge >= 0.3 is 0 Å². The molecule has 1 aliphatic rings. The molecule has 1 atom stereocenters. The summed E-state index contributed by atoms with van der Waals surface area (Å²) in [6, 6.07) is 6.23. The topological polar surface area (TPSA) is 47.7 Å². The Labute approximate surface area is 121 Å². The number of nitrogens with zero attached hydrogens (tertiary/aromatic N) is 1. The largest absolute Gasteiger partial charge is 0.493 e. The summed E-state index contributed by atoms with van der Waals surface area (Å²) in [6.07, 6.45) is 3.48. The lowest BCUT2D eigenvalue weighted by atomic mass is 10.1.